The second-order valence-electron chi connectivity index (χ2n) is 3.95. The molecule has 1 rings (SSSR count). The molecular weight excluding hydrogens is 242 g/mol. The van der Waals surface area contributed by atoms with Gasteiger partial charge >= 0.3 is 5.97 Å². The third kappa shape index (κ3) is 3.83. The van der Waals surface area contributed by atoms with Crippen molar-refractivity contribution in [3.05, 3.63) is 29.8 Å². The molecule has 2 N–H and O–H groups in total. The smallest absolute Gasteiger partial charge is 0.318 e. The van der Waals surface area contributed by atoms with E-state index < -0.39 is 22.5 Å². The van der Waals surface area contributed by atoms with Crippen LogP contribution in [0.25, 0.3) is 0 Å². The largest absolute Gasteiger partial charge is 0.480 e. The molecule has 5 nitrogen and oxygen atoms in total. The summed E-state index contributed by atoms with van der Waals surface area (Å²) in [6.07, 6.45) is 0. The van der Waals surface area contributed by atoms with Gasteiger partial charge in [-0.3, -0.25) is 4.79 Å². The lowest BCUT2D eigenvalue weighted by Crippen LogP contribution is -2.29. The average Bonchev–Trinajstić information content (AvgIpc) is 2.27. The summed E-state index contributed by atoms with van der Waals surface area (Å²) in [6.45, 7) is 3.29. The van der Waals surface area contributed by atoms with E-state index in [9.17, 15) is 13.2 Å². The molecule has 0 bridgehead atoms. The van der Waals surface area contributed by atoms with Gasteiger partial charge in [0.2, 0.25) is 10.0 Å². The van der Waals surface area contributed by atoms with Gasteiger partial charge in [0, 0.05) is 0 Å². The van der Waals surface area contributed by atoms with Crippen LogP contribution in [0.5, 0.6) is 0 Å². The van der Waals surface area contributed by atoms with Crippen molar-refractivity contribution in [3.8, 4) is 0 Å². The van der Waals surface area contributed by atoms with Gasteiger partial charge in [-0.1, -0.05) is 26.0 Å². The Hall–Kier alpha value is -1.40. The van der Waals surface area contributed by atoms with Crippen LogP contribution in [0.1, 0.15) is 25.3 Å². The second kappa shape index (κ2) is 5.29. The van der Waals surface area contributed by atoms with E-state index in [4.69, 9.17) is 5.11 Å². The maximum atomic E-state index is 11.7. The first-order valence-electron chi connectivity index (χ1n) is 5.14. The molecule has 0 unspecified atom stereocenters. The average molecular weight is 257 g/mol. The van der Waals surface area contributed by atoms with Crippen molar-refractivity contribution in [1.29, 1.82) is 0 Å². The quantitative estimate of drug-likeness (QED) is 0.829. The molecule has 0 saturated carbocycles. The van der Waals surface area contributed by atoms with E-state index in [2.05, 4.69) is 0 Å². The first kappa shape index (κ1) is 13.7. The Labute approximate surface area is 101 Å². The number of carbonyl (C=O) groups is 1. The van der Waals surface area contributed by atoms with Crippen molar-refractivity contribution in [2.45, 2.75) is 24.7 Å². The van der Waals surface area contributed by atoms with Gasteiger partial charge < -0.3 is 5.11 Å². The fourth-order valence-electron chi connectivity index (χ4n) is 1.28. The molecular formula is C11H15NO4S. The number of carboxylic acids is 1. The molecule has 0 atom stereocenters. The van der Waals surface area contributed by atoms with Gasteiger partial charge in [-0.05, 0) is 23.6 Å². The number of sulfonamides is 1. The Kier molecular flexibility index (Phi) is 4.25. The Bertz CT molecular complexity index is 508. The van der Waals surface area contributed by atoms with Crippen LogP contribution >= 0.6 is 0 Å². The van der Waals surface area contributed by atoms with Gasteiger partial charge in [0.1, 0.15) is 6.54 Å². The summed E-state index contributed by atoms with van der Waals surface area (Å²) in [7, 11) is -3.74. The summed E-state index contributed by atoms with van der Waals surface area (Å²) in [5.74, 6) is -1.00. The Balaban J connectivity index is 2.99. The summed E-state index contributed by atoms with van der Waals surface area (Å²) < 4.78 is 25.5. The predicted molar refractivity (Wildman–Crippen MR) is 63.4 cm³/mol. The van der Waals surface area contributed by atoms with Crippen molar-refractivity contribution >= 4 is 16.0 Å². The van der Waals surface area contributed by atoms with Crippen LogP contribution in [0.3, 0.4) is 0 Å². The zero-order chi connectivity index (χ0) is 13.1. The minimum absolute atomic E-state index is 0.0879. The monoisotopic (exact) mass is 257 g/mol. The summed E-state index contributed by atoms with van der Waals surface area (Å²) >= 11 is 0. The van der Waals surface area contributed by atoms with E-state index >= 15 is 0 Å². The van der Waals surface area contributed by atoms with E-state index in [1.54, 1.807) is 12.1 Å². The van der Waals surface area contributed by atoms with Crippen LogP contribution in [0.2, 0.25) is 0 Å². The highest BCUT2D eigenvalue weighted by atomic mass is 32.2. The standard InChI is InChI=1S/C11H15NO4S/c1-8(2)9-4-3-5-10(6-9)17(15,16)12-7-11(13)14/h3-6,8,12H,7H2,1-2H3,(H,13,14). The molecule has 0 spiro atoms. The van der Waals surface area contributed by atoms with Gasteiger partial charge in [-0.25, -0.2) is 8.42 Å². The molecule has 0 radical (unpaired) electrons. The minimum atomic E-state index is -3.74. The zero-order valence-corrected chi connectivity index (χ0v) is 10.5. The van der Waals surface area contributed by atoms with E-state index in [1.165, 1.54) is 6.07 Å². The Morgan fingerprint density at radius 2 is 2.06 bits per heavy atom. The van der Waals surface area contributed by atoms with Crippen LogP contribution in [0.15, 0.2) is 29.2 Å². The van der Waals surface area contributed by atoms with Crippen molar-refractivity contribution in [2.75, 3.05) is 6.54 Å². The number of rotatable bonds is 5. The van der Waals surface area contributed by atoms with Crippen LogP contribution < -0.4 is 4.72 Å². The fraction of sp³-hybridized carbons (Fsp3) is 0.364. The third-order valence-corrected chi connectivity index (χ3v) is 3.65. The lowest BCUT2D eigenvalue weighted by molar-refractivity contribution is -0.135. The molecule has 94 valence electrons. The minimum Gasteiger partial charge on any atom is -0.480 e. The molecule has 1 aromatic carbocycles. The van der Waals surface area contributed by atoms with E-state index in [-0.39, 0.29) is 10.8 Å². The van der Waals surface area contributed by atoms with Gasteiger partial charge in [-0.15, -0.1) is 0 Å². The molecule has 0 heterocycles. The maximum absolute atomic E-state index is 11.7. The van der Waals surface area contributed by atoms with Crippen LogP contribution in [-0.4, -0.2) is 26.0 Å². The van der Waals surface area contributed by atoms with Crippen molar-refractivity contribution in [3.63, 3.8) is 0 Å². The molecule has 0 fully saturated rings. The van der Waals surface area contributed by atoms with Gasteiger partial charge in [0.05, 0.1) is 4.90 Å². The van der Waals surface area contributed by atoms with Crippen LogP contribution in [0, 0.1) is 0 Å². The molecule has 0 aromatic heterocycles. The highest BCUT2D eigenvalue weighted by Crippen LogP contribution is 2.18. The number of nitrogens with one attached hydrogen (secondary N) is 1. The summed E-state index contributed by atoms with van der Waals surface area (Å²) in [5, 5.41) is 8.44. The third-order valence-electron chi connectivity index (χ3n) is 2.25. The van der Waals surface area contributed by atoms with Gasteiger partial charge in [0.15, 0.2) is 0 Å². The lowest BCUT2D eigenvalue weighted by atomic mass is 10.0. The molecule has 6 heteroatoms. The molecule has 0 aliphatic carbocycles. The highest BCUT2D eigenvalue weighted by molar-refractivity contribution is 7.89. The summed E-state index contributed by atoms with van der Waals surface area (Å²) in [5.41, 5.74) is 0.892. The summed E-state index contributed by atoms with van der Waals surface area (Å²) in [4.78, 5) is 10.4. The molecule has 0 saturated heterocycles. The van der Waals surface area contributed by atoms with E-state index in [0.29, 0.717) is 0 Å². The first-order chi connectivity index (χ1) is 7.83. The highest BCUT2D eigenvalue weighted by Gasteiger charge is 2.15. The number of benzene rings is 1. The van der Waals surface area contributed by atoms with Gasteiger partial charge in [0.25, 0.3) is 0 Å². The fourth-order valence-corrected chi connectivity index (χ4v) is 2.31. The SMILES string of the molecule is CC(C)c1cccc(S(=O)(=O)NCC(=O)O)c1. The molecule has 17 heavy (non-hydrogen) atoms. The van der Waals surface area contributed by atoms with Crippen molar-refractivity contribution in [2.24, 2.45) is 0 Å². The van der Waals surface area contributed by atoms with Crippen molar-refractivity contribution < 1.29 is 18.3 Å². The normalized spacial score (nSPS) is 11.7. The zero-order valence-electron chi connectivity index (χ0n) is 9.67. The first-order valence-corrected chi connectivity index (χ1v) is 6.62. The molecule has 0 amide bonds. The number of hydrogen-bond donors (Lipinski definition) is 2. The van der Waals surface area contributed by atoms with E-state index in [1.807, 2.05) is 24.6 Å². The van der Waals surface area contributed by atoms with E-state index in [0.717, 1.165) is 5.56 Å². The van der Waals surface area contributed by atoms with Crippen molar-refractivity contribution in [1.82, 2.24) is 4.72 Å². The van der Waals surface area contributed by atoms with Crippen LogP contribution in [-0.2, 0) is 14.8 Å². The second-order valence-corrected chi connectivity index (χ2v) is 5.71. The Morgan fingerprint density at radius 3 is 2.59 bits per heavy atom. The lowest BCUT2D eigenvalue weighted by Gasteiger charge is -2.09. The number of hydrogen-bond acceptors (Lipinski definition) is 3. The molecule has 1 aromatic rings. The predicted octanol–water partition coefficient (Wildman–Crippen LogP) is 1.17. The van der Waals surface area contributed by atoms with Gasteiger partial charge in [-0.2, -0.15) is 4.72 Å². The number of aliphatic carboxylic acids is 1. The number of carboxylic acid groups (broad SMARTS) is 1. The molecule has 0 aliphatic heterocycles. The molecule has 0 aliphatic rings. The topological polar surface area (TPSA) is 83.5 Å². The van der Waals surface area contributed by atoms with Crippen LogP contribution in [0.4, 0.5) is 0 Å². The Morgan fingerprint density at radius 1 is 1.41 bits per heavy atom. The summed E-state index contributed by atoms with van der Waals surface area (Å²) in [6, 6.07) is 6.47. The maximum Gasteiger partial charge on any atom is 0.318 e.